The molecule has 1 aromatic heterocycles. The lowest BCUT2D eigenvalue weighted by Crippen LogP contribution is -2.00. The first-order valence-electron chi connectivity index (χ1n) is 6.22. The quantitative estimate of drug-likeness (QED) is 0.850. The summed E-state index contributed by atoms with van der Waals surface area (Å²) in [4.78, 5) is 11.4. The fourth-order valence-electron chi connectivity index (χ4n) is 1.79. The second-order valence-electron chi connectivity index (χ2n) is 4.28. The van der Waals surface area contributed by atoms with Crippen molar-refractivity contribution in [3.63, 3.8) is 0 Å². The minimum absolute atomic E-state index is 0.219. The van der Waals surface area contributed by atoms with E-state index in [1.807, 2.05) is 31.3 Å². The van der Waals surface area contributed by atoms with E-state index in [1.54, 1.807) is 13.0 Å². The molecule has 0 bridgehead atoms. The average Bonchev–Trinajstić information content (AvgIpc) is 2.86. The van der Waals surface area contributed by atoms with Gasteiger partial charge in [-0.2, -0.15) is 0 Å². The average molecular weight is 275 g/mol. The Morgan fingerprint density at radius 1 is 1.30 bits per heavy atom. The lowest BCUT2D eigenvalue weighted by atomic mass is 10.2. The molecule has 0 atom stereocenters. The number of esters is 1. The van der Waals surface area contributed by atoms with Gasteiger partial charge in [0.15, 0.2) is 0 Å². The van der Waals surface area contributed by atoms with E-state index in [0.717, 1.165) is 17.0 Å². The number of carbonyl (C=O) groups is 1. The molecule has 0 unspecified atom stereocenters. The van der Waals surface area contributed by atoms with Gasteiger partial charge in [-0.1, -0.05) is 0 Å². The van der Waals surface area contributed by atoms with Crippen LogP contribution in [-0.4, -0.2) is 20.1 Å². The summed E-state index contributed by atoms with van der Waals surface area (Å²) in [7, 11) is 3.18. The lowest BCUT2D eigenvalue weighted by molar-refractivity contribution is 0.0560. The van der Waals surface area contributed by atoms with Crippen LogP contribution < -0.4 is 10.1 Å². The van der Waals surface area contributed by atoms with Crippen molar-refractivity contribution < 1.29 is 18.7 Å². The number of methoxy groups -OCH3 is 1. The molecule has 20 heavy (non-hydrogen) atoms. The molecule has 0 saturated carbocycles. The maximum Gasteiger partial charge on any atom is 0.374 e. The van der Waals surface area contributed by atoms with Crippen LogP contribution in [0.15, 0.2) is 34.7 Å². The van der Waals surface area contributed by atoms with Gasteiger partial charge in [0.25, 0.3) is 0 Å². The molecule has 0 aliphatic rings. The van der Waals surface area contributed by atoms with Crippen molar-refractivity contribution in [2.75, 3.05) is 19.5 Å². The van der Waals surface area contributed by atoms with Crippen LogP contribution >= 0.6 is 0 Å². The van der Waals surface area contributed by atoms with Gasteiger partial charge in [0.1, 0.15) is 18.1 Å². The molecule has 2 aromatic rings. The largest absolute Gasteiger partial charge is 0.486 e. The molecule has 1 N–H and O–H groups in total. The van der Waals surface area contributed by atoms with Crippen molar-refractivity contribution in [1.82, 2.24) is 0 Å². The Labute approximate surface area is 117 Å². The zero-order valence-corrected chi connectivity index (χ0v) is 11.7. The summed E-state index contributed by atoms with van der Waals surface area (Å²) in [5.41, 5.74) is 1.75. The number of ether oxygens (including phenoxy) is 2. The van der Waals surface area contributed by atoms with Crippen LogP contribution in [0.3, 0.4) is 0 Å². The Hall–Kier alpha value is -2.43. The molecule has 0 saturated heterocycles. The van der Waals surface area contributed by atoms with E-state index in [1.165, 1.54) is 7.11 Å². The topological polar surface area (TPSA) is 60.7 Å². The number of hydrogen-bond donors (Lipinski definition) is 1. The van der Waals surface area contributed by atoms with Gasteiger partial charge in [-0.3, -0.25) is 0 Å². The molecule has 0 aliphatic heterocycles. The van der Waals surface area contributed by atoms with Crippen molar-refractivity contribution in [1.29, 1.82) is 0 Å². The van der Waals surface area contributed by atoms with E-state index in [2.05, 4.69) is 10.1 Å². The Kier molecular flexibility index (Phi) is 4.30. The van der Waals surface area contributed by atoms with E-state index < -0.39 is 5.97 Å². The van der Waals surface area contributed by atoms with Crippen LogP contribution in [0.25, 0.3) is 0 Å². The van der Waals surface area contributed by atoms with E-state index in [4.69, 9.17) is 9.15 Å². The van der Waals surface area contributed by atoms with Crippen molar-refractivity contribution >= 4 is 11.7 Å². The third kappa shape index (κ3) is 3.12. The molecule has 0 spiro atoms. The first-order valence-corrected chi connectivity index (χ1v) is 6.22. The number of anilines is 1. The normalized spacial score (nSPS) is 10.2. The van der Waals surface area contributed by atoms with Gasteiger partial charge in [-0.15, -0.1) is 0 Å². The first kappa shape index (κ1) is 14.0. The second-order valence-corrected chi connectivity index (χ2v) is 4.28. The number of furan rings is 1. The number of rotatable bonds is 5. The van der Waals surface area contributed by atoms with Gasteiger partial charge in [-0.25, -0.2) is 4.79 Å². The lowest BCUT2D eigenvalue weighted by Gasteiger charge is -2.05. The summed E-state index contributed by atoms with van der Waals surface area (Å²) in [6, 6.07) is 9.34. The van der Waals surface area contributed by atoms with Gasteiger partial charge in [0, 0.05) is 18.3 Å². The summed E-state index contributed by atoms with van der Waals surface area (Å²) in [5, 5.41) is 3.03. The van der Waals surface area contributed by atoms with E-state index in [-0.39, 0.29) is 12.4 Å². The van der Waals surface area contributed by atoms with Gasteiger partial charge in [-0.05, 0) is 37.3 Å². The number of aryl methyl sites for hydroxylation is 1. The van der Waals surface area contributed by atoms with Gasteiger partial charge >= 0.3 is 5.97 Å². The predicted octanol–water partition coefficient (Wildman–Crippen LogP) is 3.00. The van der Waals surface area contributed by atoms with E-state index in [0.29, 0.717) is 5.76 Å². The van der Waals surface area contributed by atoms with Crippen LogP contribution in [0.4, 0.5) is 5.69 Å². The van der Waals surface area contributed by atoms with Crippen LogP contribution in [0.1, 0.15) is 21.9 Å². The predicted molar refractivity (Wildman–Crippen MR) is 75.1 cm³/mol. The van der Waals surface area contributed by atoms with Crippen LogP contribution in [0, 0.1) is 6.92 Å². The number of benzene rings is 1. The maximum atomic E-state index is 11.4. The summed E-state index contributed by atoms with van der Waals surface area (Å²) in [5.74, 6) is 1.06. The Balaban J connectivity index is 2.01. The van der Waals surface area contributed by atoms with Gasteiger partial charge in [0.2, 0.25) is 5.76 Å². The van der Waals surface area contributed by atoms with E-state index in [9.17, 15) is 4.79 Å². The SMILES string of the molecule is CNc1ccc(OCc2cc(C)c(C(=O)OC)o2)cc1. The summed E-state index contributed by atoms with van der Waals surface area (Å²) in [6.07, 6.45) is 0. The van der Waals surface area contributed by atoms with E-state index >= 15 is 0 Å². The summed E-state index contributed by atoms with van der Waals surface area (Å²) < 4.78 is 15.7. The highest BCUT2D eigenvalue weighted by Crippen LogP contribution is 2.19. The molecule has 0 fully saturated rings. The number of carbonyl (C=O) groups excluding carboxylic acids is 1. The Morgan fingerprint density at radius 3 is 2.60 bits per heavy atom. The molecule has 2 rings (SSSR count). The highest BCUT2D eigenvalue weighted by Gasteiger charge is 2.16. The maximum absolute atomic E-state index is 11.4. The van der Waals surface area contributed by atoms with Crippen molar-refractivity contribution in [3.8, 4) is 5.75 Å². The zero-order valence-electron chi connectivity index (χ0n) is 11.7. The fourth-order valence-corrected chi connectivity index (χ4v) is 1.79. The van der Waals surface area contributed by atoms with Crippen molar-refractivity contribution in [3.05, 3.63) is 47.4 Å². The standard InChI is InChI=1S/C15H17NO4/c1-10-8-13(20-14(10)15(17)18-3)9-19-12-6-4-11(16-2)5-7-12/h4-8,16H,9H2,1-3H3. The molecule has 5 nitrogen and oxygen atoms in total. The van der Waals surface area contributed by atoms with Gasteiger partial charge < -0.3 is 19.2 Å². The van der Waals surface area contributed by atoms with Crippen molar-refractivity contribution in [2.45, 2.75) is 13.5 Å². The zero-order chi connectivity index (χ0) is 14.5. The Morgan fingerprint density at radius 2 is 2.00 bits per heavy atom. The smallest absolute Gasteiger partial charge is 0.374 e. The summed E-state index contributed by atoms with van der Waals surface area (Å²) >= 11 is 0. The van der Waals surface area contributed by atoms with Crippen LogP contribution in [-0.2, 0) is 11.3 Å². The third-order valence-corrected chi connectivity index (χ3v) is 2.86. The third-order valence-electron chi connectivity index (χ3n) is 2.86. The molecule has 0 amide bonds. The minimum Gasteiger partial charge on any atom is -0.486 e. The highest BCUT2D eigenvalue weighted by molar-refractivity contribution is 5.87. The molecule has 5 heteroatoms. The van der Waals surface area contributed by atoms with Crippen molar-refractivity contribution in [2.24, 2.45) is 0 Å². The molecule has 1 aromatic carbocycles. The Bertz CT molecular complexity index is 586. The molecular weight excluding hydrogens is 258 g/mol. The van der Waals surface area contributed by atoms with Crippen LogP contribution in [0.2, 0.25) is 0 Å². The fraction of sp³-hybridized carbons (Fsp3) is 0.267. The highest BCUT2D eigenvalue weighted by atomic mass is 16.5. The molecule has 106 valence electrons. The molecular formula is C15H17NO4. The monoisotopic (exact) mass is 275 g/mol. The second kappa shape index (κ2) is 6.14. The van der Waals surface area contributed by atoms with Crippen LogP contribution in [0.5, 0.6) is 5.75 Å². The summed E-state index contributed by atoms with van der Waals surface area (Å²) in [6.45, 7) is 2.05. The number of nitrogens with one attached hydrogen (secondary N) is 1. The molecule has 0 aliphatic carbocycles. The number of hydrogen-bond acceptors (Lipinski definition) is 5. The molecule has 0 radical (unpaired) electrons. The van der Waals surface area contributed by atoms with Gasteiger partial charge in [0.05, 0.1) is 7.11 Å². The first-order chi connectivity index (χ1) is 9.63. The minimum atomic E-state index is -0.480. The molecule has 1 heterocycles.